The maximum Gasteiger partial charge on any atom is 0.0937 e. The van der Waals surface area contributed by atoms with E-state index in [1.807, 2.05) is 12.3 Å². The average molecular weight is 268 g/mol. The summed E-state index contributed by atoms with van der Waals surface area (Å²) in [5.74, 6) is 0.619. The molecule has 1 fully saturated rings. The predicted molar refractivity (Wildman–Crippen MR) is 81.7 cm³/mol. The van der Waals surface area contributed by atoms with Crippen LogP contribution in [0.1, 0.15) is 18.4 Å². The Kier molecular flexibility index (Phi) is 3.65. The lowest BCUT2D eigenvalue weighted by Gasteiger charge is -2.31. The van der Waals surface area contributed by atoms with Crippen molar-refractivity contribution >= 4 is 16.7 Å². The smallest absolute Gasteiger partial charge is 0.0937 e. The number of fused-ring (bicyclic) bond motifs is 1. The number of pyridine rings is 1. The van der Waals surface area contributed by atoms with Gasteiger partial charge in [-0.15, -0.1) is 0 Å². The normalized spacial score (nSPS) is 17.4. The summed E-state index contributed by atoms with van der Waals surface area (Å²) in [5, 5.41) is 8.73. The van der Waals surface area contributed by atoms with Crippen LogP contribution in [0.3, 0.4) is 0 Å². The molecule has 1 aromatic carbocycles. The van der Waals surface area contributed by atoms with Crippen LogP contribution in [0.25, 0.3) is 10.9 Å². The molecule has 2 heterocycles. The Morgan fingerprint density at radius 1 is 1.25 bits per heavy atom. The van der Waals surface area contributed by atoms with Crippen LogP contribution in [0.5, 0.6) is 0 Å². The standard InChI is InChI=1S/C16H20N4/c17-16(18)13-6-9-20(10-7-13)11-14-4-1-3-12-5-2-8-19-15(12)14/h1-5,8,13H,6-7,9-11H2,(H3,17,18). The van der Waals surface area contributed by atoms with Crippen molar-refractivity contribution in [2.45, 2.75) is 19.4 Å². The molecule has 0 unspecified atom stereocenters. The molecule has 1 aliphatic heterocycles. The Hall–Kier alpha value is -1.94. The average Bonchev–Trinajstić information content (AvgIpc) is 2.48. The van der Waals surface area contributed by atoms with Crippen molar-refractivity contribution in [3.8, 4) is 0 Å². The number of amidine groups is 1. The summed E-state index contributed by atoms with van der Waals surface area (Å²) in [7, 11) is 0. The molecule has 104 valence electrons. The van der Waals surface area contributed by atoms with E-state index in [1.165, 1.54) is 10.9 Å². The van der Waals surface area contributed by atoms with Crippen molar-refractivity contribution in [3.63, 3.8) is 0 Å². The van der Waals surface area contributed by atoms with E-state index < -0.39 is 0 Å². The second kappa shape index (κ2) is 5.59. The number of nitrogens with two attached hydrogens (primary N) is 1. The molecular formula is C16H20N4. The maximum atomic E-state index is 7.53. The summed E-state index contributed by atoms with van der Waals surface area (Å²) in [6.07, 6.45) is 3.84. The van der Waals surface area contributed by atoms with Crippen LogP contribution >= 0.6 is 0 Å². The highest BCUT2D eigenvalue weighted by Crippen LogP contribution is 2.22. The van der Waals surface area contributed by atoms with Crippen LogP contribution in [0.2, 0.25) is 0 Å². The topological polar surface area (TPSA) is 66.0 Å². The third-order valence-electron chi connectivity index (χ3n) is 4.14. The summed E-state index contributed by atoms with van der Waals surface area (Å²) in [4.78, 5) is 6.94. The van der Waals surface area contributed by atoms with Crippen molar-refractivity contribution in [2.24, 2.45) is 11.7 Å². The van der Waals surface area contributed by atoms with Gasteiger partial charge in [-0.2, -0.15) is 0 Å². The zero-order valence-corrected chi connectivity index (χ0v) is 11.5. The highest BCUT2D eigenvalue weighted by molar-refractivity contribution is 5.81. The SMILES string of the molecule is N=C(N)C1CCN(Cc2cccc3cccnc23)CC1. The molecule has 3 rings (SSSR count). The number of nitrogens with zero attached hydrogens (tertiary/aromatic N) is 2. The molecule has 0 atom stereocenters. The van der Waals surface area contributed by atoms with Gasteiger partial charge in [0.25, 0.3) is 0 Å². The number of para-hydroxylation sites is 1. The zero-order chi connectivity index (χ0) is 13.9. The van der Waals surface area contributed by atoms with Crippen LogP contribution in [0, 0.1) is 11.3 Å². The minimum absolute atomic E-state index is 0.275. The van der Waals surface area contributed by atoms with Crippen LogP contribution in [-0.2, 0) is 6.54 Å². The Morgan fingerprint density at radius 2 is 2.00 bits per heavy atom. The van der Waals surface area contributed by atoms with Crippen LogP contribution in [0.15, 0.2) is 36.5 Å². The molecule has 2 aromatic rings. The van der Waals surface area contributed by atoms with Gasteiger partial charge in [-0.3, -0.25) is 15.3 Å². The number of aromatic nitrogens is 1. The summed E-state index contributed by atoms with van der Waals surface area (Å²) in [6, 6.07) is 10.4. The highest BCUT2D eigenvalue weighted by Gasteiger charge is 2.21. The number of nitrogens with one attached hydrogen (secondary N) is 1. The van der Waals surface area contributed by atoms with Gasteiger partial charge in [0.15, 0.2) is 0 Å². The van der Waals surface area contributed by atoms with E-state index in [0.29, 0.717) is 5.84 Å². The molecule has 20 heavy (non-hydrogen) atoms. The molecule has 1 aromatic heterocycles. The molecule has 4 heteroatoms. The van der Waals surface area contributed by atoms with Gasteiger partial charge in [0.05, 0.1) is 11.4 Å². The van der Waals surface area contributed by atoms with Crippen molar-refractivity contribution in [1.29, 1.82) is 5.41 Å². The molecular weight excluding hydrogens is 248 g/mol. The zero-order valence-electron chi connectivity index (χ0n) is 11.5. The number of hydrogen-bond acceptors (Lipinski definition) is 3. The lowest BCUT2D eigenvalue weighted by atomic mass is 9.95. The fraction of sp³-hybridized carbons (Fsp3) is 0.375. The fourth-order valence-electron chi connectivity index (χ4n) is 2.94. The number of benzene rings is 1. The number of hydrogen-bond donors (Lipinski definition) is 2. The first-order valence-corrected chi connectivity index (χ1v) is 7.13. The largest absolute Gasteiger partial charge is 0.387 e. The van der Waals surface area contributed by atoms with Gasteiger partial charge in [0.1, 0.15) is 0 Å². The van der Waals surface area contributed by atoms with E-state index in [1.54, 1.807) is 0 Å². The third-order valence-corrected chi connectivity index (χ3v) is 4.14. The Morgan fingerprint density at radius 3 is 2.75 bits per heavy atom. The fourth-order valence-corrected chi connectivity index (χ4v) is 2.94. The number of rotatable bonds is 3. The summed E-state index contributed by atoms with van der Waals surface area (Å²) < 4.78 is 0. The number of likely N-dealkylation sites (tertiary alicyclic amines) is 1. The van der Waals surface area contributed by atoms with Gasteiger partial charge < -0.3 is 5.73 Å². The number of piperidine rings is 1. The Balaban J connectivity index is 1.73. The van der Waals surface area contributed by atoms with Crippen molar-refractivity contribution in [1.82, 2.24) is 9.88 Å². The van der Waals surface area contributed by atoms with Gasteiger partial charge in [-0.25, -0.2) is 0 Å². The molecule has 4 nitrogen and oxygen atoms in total. The second-order valence-electron chi connectivity index (χ2n) is 5.50. The van der Waals surface area contributed by atoms with Crippen LogP contribution in [-0.4, -0.2) is 28.8 Å². The predicted octanol–water partition coefficient (Wildman–Crippen LogP) is 2.38. The van der Waals surface area contributed by atoms with E-state index in [-0.39, 0.29) is 5.92 Å². The summed E-state index contributed by atoms with van der Waals surface area (Å²) in [5.41, 5.74) is 7.98. The first-order valence-electron chi connectivity index (χ1n) is 7.13. The van der Waals surface area contributed by atoms with Gasteiger partial charge in [0.2, 0.25) is 0 Å². The Labute approximate surface area is 119 Å². The third kappa shape index (κ3) is 2.65. The molecule has 1 saturated heterocycles. The lowest BCUT2D eigenvalue weighted by Crippen LogP contribution is -2.37. The molecule has 1 aliphatic rings. The quantitative estimate of drug-likeness (QED) is 0.663. The van der Waals surface area contributed by atoms with Crippen molar-refractivity contribution in [3.05, 3.63) is 42.1 Å². The lowest BCUT2D eigenvalue weighted by molar-refractivity contribution is 0.201. The Bertz CT molecular complexity index is 609. The van der Waals surface area contributed by atoms with Crippen LogP contribution < -0.4 is 5.73 Å². The molecule has 0 spiro atoms. The molecule has 0 bridgehead atoms. The minimum Gasteiger partial charge on any atom is -0.387 e. The van der Waals surface area contributed by atoms with Gasteiger partial charge in [0, 0.05) is 24.0 Å². The molecule has 0 amide bonds. The molecule has 0 radical (unpaired) electrons. The highest BCUT2D eigenvalue weighted by atomic mass is 15.1. The van der Waals surface area contributed by atoms with E-state index in [4.69, 9.17) is 11.1 Å². The van der Waals surface area contributed by atoms with Gasteiger partial charge in [-0.1, -0.05) is 24.3 Å². The van der Waals surface area contributed by atoms with Crippen LogP contribution in [0.4, 0.5) is 0 Å². The van der Waals surface area contributed by atoms with E-state index >= 15 is 0 Å². The van der Waals surface area contributed by atoms with Crippen molar-refractivity contribution < 1.29 is 0 Å². The summed E-state index contributed by atoms with van der Waals surface area (Å²) >= 11 is 0. The molecule has 3 N–H and O–H groups in total. The maximum absolute atomic E-state index is 7.53. The minimum atomic E-state index is 0.275. The van der Waals surface area contributed by atoms with Crippen molar-refractivity contribution in [2.75, 3.05) is 13.1 Å². The van der Waals surface area contributed by atoms with E-state index in [9.17, 15) is 0 Å². The molecule has 0 aliphatic carbocycles. The summed E-state index contributed by atoms with van der Waals surface area (Å²) in [6.45, 7) is 2.94. The van der Waals surface area contributed by atoms with E-state index in [2.05, 4.69) is 34.1 Å². The van der Waals surface area contributed by atoms with Gasteiger partial charge >= 0.3 is 0 Å². The van der Waals surface area contributed by atoms with Gasteiger partial charge in [-0.05, 0) is 37.6 Å². The first-order chi connectivity index (χ1) is 9.74. The first kappa shape index (κ1) is 13.1. The van der Waals surface area contributed by atoms with E-state index in [0.717, 1.165) is 38.0 Å². The second-order valence-corrected chi connectivity index (χ2v) is 5.50. The monoisotopic (exact) mass is 268 g/mol. The molecule has 0 saturated carbocycles.